The smallest absolute Gasteiger partial charge is 1.00 e. The number of halogens is 2. The third-order valence-corrected chi connectivity index (χ3v) is 8.46. The first kappa shape index (κ1) is 17.4. The summed E-state index contributed by atoms with van der Waals surface area (Å²) in [5, 5.41) is 0. The predicted molar refractivity (Wildman–Crippen MR) is 62.5 cm³/mol. The van der Waals surface area contributed by atoms with Crippen LogP contribution in [0.1, 0.15) is 26.7 Å². The summed E-state index contributed by atoms with van der Waals surface area (Å²) in [5.74, 6) is 0. The van der Waals surface area contributed by atoms with Crippen molar-refractivity contribution in [1.29, 1.82) is 0 Å². The van der Waals surface area contributed by atoms with Crippen LogP contribution in [-0.4, -0.2) is 0 Å². The maximum absolute atomic E-state index is 2.48. The summed E-state index contributed by atoms with van der Waals surface area (Å²) in [4.78, 5) is 0. The van der Waals surface area contributed by atoms with E-state index in [1.807, 2.05) is 0 Å². The van der Waals surface area contributed by atoms with Crippen LogP contribution in [0.5, 0.6) is 0 Å². The molecule has 0 saturated heterocycles. The zero-order valence-corrected chi connectivity index (χ0v) is 14.3. The van der Waals surface area contributed by atoms with Crippen LogP contribution in [0.15, 0.2) is 48.1 Å². The van der Waals surface area contributed by atoms with Gasteiger partial charge in [-0.1, -0.05) is 0 Å². The average molecular weight is 348 g/mol. The van der Waals surface area contributed by atoms with Gasteiger partial charge in [0.2, 0.25) is 0 Å². The van der Waals surface area contributed by atoms with Gasteiger partial charge in [0.25, 0.3) is 0 Å². The molecule has 1 atom stereocenters. The van der Waals surface area contributed by atoms with Crippen LogP contribution < -0.4 is 24.8 Å². The second-order valence-electron chi connectivity index (χ2n) is 4.17. The fourth-order valence-corrected chi connectivity index (χ4v) is 6.98. The summed E-state index contributed by atoms with van der Waals surface area (Å²) in [6.07, 6.45) is 18.9. The number of hydrogen-bond acceptors (Lipinski definition) is 0. The molecule has 0 aromatic heterocycles. The first-order chi connectivity index (χ1) is 7.30. The van der Waals surface area contributed by atoms with Gasteiger partial charge in [-0.05, 0) is 0 Å². The molecule has 0 fully saturated rings. The third kappa shape index (κ3) is 3.69. The summed E-state index contributed by atoms with van der Waals surface area (Å²) >= 11 is -0.437. The second kappa shape index (κ2) is 7.77. The Morgan fingerprint density at radius 2 is 1.76 bits per heavy atom. The molecular formula is C14H18Cl2Zr. The molecule has 0 nitrogen and oxygen atoms in total. The standard InChI is InChI=1S/C9H13.C5H5.2ClH.Zr/c1-3-8-6-5-7-9(8)4-2;1-2-4-5-3-1;;;/h5-7H,3-4H2,1-2H3;1-5H;2*1H;/q;;;;+2/p-2. The minimum absolute atomic E-state index is 0. The zero-order chi connectivity index (χ0) is 10.7. The Kier molecular flexibility index (Phi) is 7.96. The summed E-state index contributed by atoms with van der Waals surface area (Å²) in [6.45, 7) is 4.64. The van der Waals surface area contributed by atoms with E-state index in [1.165, 1.54) is 12.8 Å². The zero-order valence-electron chi connectivity index (χ0n) is 10.3. The van der Waals surface area contributed by atoms with Crippen molar-refractivity contribution in [2.75, 3.05) is 0 Å². The Morgan fingerprint density at radius 1 is 1.12 bits per heavy atom. The monoisotopic (exact) mass is 346 g/mol. The van der Waals surface area contributed by atoms with E-state index in [2.05, 4.69) is 56.4 Å². The SMILES string of the molecule is CCC1=CC=C[C]1(CC)[Zr+2][CH]1C=CC=C1.[Cl-].[Cl-]. The first-order valence-corrected chi connectivity index (χ1v) is 8.47. The van der Waals surface area contributed by atoms with Crippen molar-refractivity contribution in [2.45, 2.75) is 33.4 Å². The second-order valence-corrected chi connectivity index (χ2v) is 8.71. The fourth-order valence-electron chi connectivity index (χ4n) is 2.43. The first-order valence-electron chi connectivity index (χ1n) is 5.82. The van der Waals surface area contributed by atoms with Crippen LogP contribution in [-0.2, 0) is 23.2 Å². The average Bonchev–Trinajstić information content (AvgIpc) is 2.88. The van der Waals surface area contributed by atoms with Gasteiger partial charge in [0.05, 0.1) is 0 Å². The van der Waals surface area contributed by atoms with E-state index in [-0.39, 0.29) is 24.8 Å². The normalized spacial score (nSPS) is 25.2. The summed E-state index contributed by atoms with van der Waals surface area (Å²) in [5.41, 5.74) is 1.69. The van der Waals surface area contributed by atoms with Gasteiger partial charge in [-0.25, -0.2) is 0 Å². The molecule has 0 radical (unpaired) electrons. The van der Waals surface area contributed by atoms with Gasteiger partial charge in [-0.3, -0.25) is 0 Å². The fraction of sp³-hybridized carbons (Fsp3) is 0.429. The molecule has 0 aliphatic heterocycles. The van der Waals surface area contributed by atoms with Crippen molar-refractivity contribution in [1.82, 2.24) is 0 Å². The largest absolute Gasteiger partial charge is 1.00 e. The van der Waals surface area contributed by atoms with E-state index in [0.29, 0.717) is 3.12 Å². The van der Waals surface area contributed by atoms with Crippen LogP contribution >= 0.6 is 0 Å². The summed E-state index contributed by atoms with van der Waals surface area (Å²) < 4.78 is 1.33. The minimum Gasteiger partial charge on any atom is -1.00 e. The molecule has 0 aromatic rings. The van der Waals surface area contributed by atoms with Crippen molar-refractivity contribution in [3.63, 3.8) is 0 Å². The van der Waals surface area contributed by atoms with Crippen LogP contribution in [0.25, 0.3) is 0 Å². The Morgan fingerprint density at radius 3 is 2.29 bits per heavy atom. The maximum atomic E-state index is 2.48. The Bertz CT molecular complexity index is 343. The van der Waals surface area contributed by atoms with E-state index < -0.39 is 23.2 Å². The molecule has 0 heterocycles. The van der Waals surface area contributed by atoms with Crippen LogP contribution in [0.4, 0.5) is 0 Å². The molecule has 17 heavy (non-hydrogen) atoms. The van der Waals surface area contributed by atoms with Gasteiger partial charge in [0.15, 0.2) is 0 Å². The predicted octanol–water partition coefficient (Wildman–Crippen LogP) is -1.53. The van der Waals surface area contributed by atoms with Crippen molar-refractivity contribution < 1.29 is 48.0 Å². The Labute approximate surface area is 129 Å². The van der Waals surface area contributed by atoms with Crippen LogP contribution in [0.3, 0.4) is 0 Å². The van der Waals surface area contributed by atoms with Gasteiger partial charge in [0, 0.05) is 0 Å². The molecule has 0 saturated carbocycles. The van der Waals surface area contributed by atoms with Gasteiger partial charge in [-0.15, -0.1) is 0 Å². The van der Waals surface area contributed by atoms with Crippen LogP contribution in [0.2, 0.25) is 6.75 Å². The molecule has 0 bridgehead atoms. The molecule has 92 valence electrons. The van der Waals surface area contributed by atoms with Crippen molar-refractivity contribution in [3.8, 4) is 0 Å². The van der Waals surface area contributed by atoms with Crippen LogP contribution in [0, 0.1) is 0 Å². The molecule has 0 amide bonds. The topological polar surface area (TPSA) is 0 Å². The molecule has 2 rings (SSSR count). The molecular weight excluding hydrogens is 330 g/mol. The molecule has 0 aromatic carbocycles. The number of allylic oxidation sites excluding steroid dienone is 8. The van der Waals surface area contributed by atoms with Gasteiger partial charge >= 0.3 is 105 Å². The third-order valence-electron chi connectivity index (χ3n) is 3.36. The molecule has 1 unspecified atom stereocenters. The van der Waals surface area contributed by atoms with Gasteiger partial charge < -0.3 is 24.8 Å². The molecule has 0 N–H and O–H groups in total. The van der Waals surface area contributed by atoms with E-state index in [9.17, 15) is 0 Å². The van der Waals surface area contributed by atoms with Crippen molar-refractivity contribution >= 4 is 0 Å². The number of rotatable bonds is 4. The Hall–Kier alpha value is 0.423. The van der Waals surface area contributed by atoms with Crippen molar-refractivity contribution in [3.05, 3.63) is 48.1 Å². The van der Waals surface area contributed by atoms with E-state index >= 15 is 0 Å². The van der Waals surface area contributed by atoms with E-state index in [0.717, 1.165) is 3.63 Å². The molecule has 2 aliphatic carbocycles. The van der Waals surface area contributed by atoms with Gasteiger partial charge in [-0.2, -0.15) is 0 Å². The summed E-state index contributed by atoms with van der Waals surface area (Å²) in [7, 11) is 0. The Balaban J connectivity index is 0.00000128. The van der Waals surface area contributed by atoms with E-state index in [1.54, 1.807) is 5.57 Å². The summed E-state index contributed by atoms with van der Waals surface area (Å²) in [6, 6.07) is 0. The molecule has 2 aliphatic rings. The molecule has 3 heteroatoms. The van der Waals surface area contributed by atoms with Crippen molar-refractivity contribution in [2.24, 2.45) is 0 Å². The van der Waals surface area contributed by atoms with E-state index in [4.69, 9.17) is 0 Å². The molecule has 0 spiro atoms. The maximum Gasteiger partial charge on any atom is -1.00 e. The minimum atomic E-state index is -0.437. The van der Waals surface area contributed by atoms with Gasteiger partial charge in [0.1, 0.15) is 0 Å². The quantitative estimate of drug-likeness (QED) is 0.578. The number of hydrogen-bond donors (Lipinski definition) is 0.